The highest BCUT2D eigenvalue weighted by Crippen LogP contribution is 2.21. The number of nitriles is 1. The van der Waals surface area contributed by atoms with Crippen molar-refractivity contribution in [2.75, 3.05) is 13.1 Å². The van der Waals surface area contributed by atoms with E-state index in [0.717, 1.165) is 44.1 Å². The monoisotopic (exact) mass is 327 g/mol. The van der Waals surface area contributed by atoms with Gasteiger partial charge in [-0.3, -0.25) is 4.90 Å². The molecule has 0 aliphatic carbocycles. The first-order valence-electron chi connectivity index (χ1n) is 8.34. The van der Waals surface area contributed by atoms with Crippen LogP contribution >= 0.6 is 0 Å². The summed E-state index contributed by atoms with van der Waals surface area (Å²) in [4.78, 5) is 6.64. The average Bonchev–Trinajstić information content (AvgIpc) is 2.87. The molecule has 0 N–H and O–H groups in total. The molecule has 126 valence electrons. The number of benzene rings is 1. The molecule has 0 spiro atoms. The van der Waals surface area contributed by atoms with Crippen LogP contribution in [0.4, 0.5) is 4.39 Å². The smallest absolute Gasteiger partial charge is 0.147 e. The Kier molecular flexibility index (Phi) is 4.91. The average molecular weight is 327 g/mol. The molecule has 3 rings (SSSR count). The SMILES string of the molecule is Cc1nc(C)n(CC2CCCN(Cc3ccc(C#N)cc3F)C2)n1. The van der Waals surface area contributed by atoms with Crippen LogP contribution in [0.2, 0.25) is 0 Å². The van der Waals surface area contributed by atoms with Crippen molar-refractivity contribution < 1.29 is 4.39 Å². The van der Waals surface area contributed by atoms with E-state index in [0.29, 0.717) is 23.6 Å². The van der Waals surface area contributed by atoms with Crippen molar-refractivity contribution in [3.05, 3.63) is 46.8 Å². The maximum Gasteiger partial charge on any atom is 0.147 e. The predicted molar refractivity (Wildman–Crippen MR) is 88.6 cm³/mol. The fourth-order valence-corrected chi connectivity index (χ4v) is 3.41. The van der Waals surface area contributed by atoms with Crippen molar-refractivity contribution in [1.82, 2.24) is 19.7 Å². The summed E-state index contributed by atoms with van der Waals surface area (Å²) in [5, 5.41) is 13.3. The minimum atomic E-state index is -0.293. The molecule has 24 heavy (non-hydrogen) atoms. The zero-order valence-corrected chi connectivity index (χ0v) is 14.2. The van der Waals surface area contributed by atoms with E-state index in [9.17, 15) is 4.39 Å². The zero-order chi connectivity index (χ0) is 17.1. The maximum absolute atomic E-state index is 14.1. The van der Waals surface area contributed by atoms with Crippen LogP contribution in [0.5, 0.6) is 0 Å². The Morgan fingerprint density at radius 1 is 1.38 bits per heavy atom. The second-order valence-electron chi connectivity index (χ2n) is 6.55. The first kappa shape index (κ1) is 16.6. The molecule has 5 nitrogen and oxygen atoms in total. The van der Waals surface area contributed by atoms with Gasteiger partial charge in [-0.2, -0.15) is 10.4 Å². The van der Waals surface area contributed by atoms with E-state index in [1.807, 2.05) is 24.6 Å². The summed E-state index contributed by atoms with van der Waals surface area (Å²) in [6.07, 6.45) is 2.26. The Bertz CT molecular complexity index is 761. The molecule has 0 bridgehead atoms. The Hall–Kier alpha value is -2.26. The molecule has 6 heteroatoms. The molecular weight excluding hydrogens is 305 g/mol. The normalized spacial score (nSPS) is 18.5. The van der Waals surface area contributed by atoms with Crippen LogP contribution in [0.1, 0.15) is 35.6 Å². The van der Waals surface area contributed by atoms with E-state index < -0.39 is 0 Å². The molecule has 1 aromatic heterocycles. The maximum atomic E-state index is 14.1. The van der Waals surface area contributed by atoms with Gasteiger partial charge in [0.05, 0.1) is 11.6 Å². The summed E-state index contributed by atoms with van der Waals surface area (Å²) in [6.45, 7) is 7.24. The number of halogens is 1. The minimum absolute atomic E-state index is 0.293. The quantitative estimate of drug-likeness (QED) is 0.866. The number of hydrogen-bond donors (Lipinski definition) is 0. The second kappa shape index (κ2) is 7.10. The Labute approximate surface area is 141 Å². The number of aryl methyl sites for hydroxylation is 2. The van der Waals surface area contributed by atoms with Crippen LogP contribution in [-0.2, 0) is 13.1 Å². The summed E-state index contributed by atoms with van der Waals surface area (Å²) >= 11 is 0. The van der Waals surface area contributed by atoms with Gasteiger partial charge in [0.25, 0.3) is 0 Å². The molecule has 1 fully saturated rings. The second-order valence-corrected chi connectivity index (χ2v) is 6.55. The van der Waals surface area contributed by atoms with E-state index >= 15 is 0 Å². The van der Waals surface area contributed by atoms with Crippen molar-refractivity contribution in [1.29, 1.82) is 5.26 Å². The molecule has 1 unspecified atom stereocenters. The van der Waals surface area contributed by atoms with Crippen molar-refractivity contribution in [3.63, 3.8) is 0 Å². The Morgan fingerprint density at radius 2 is 2.21 bits per heavy atom. The van der Waals surface area contributed by atoms with Crippen molar-refractivity contribution in [3.8, 4) is 6.07 Å². The van der Waals surface area contributed by atoms with Crippen LogP contribution in [0.25, 0.3) is 0 Å². The van der Waals surface area contributed by atoms with Crippen LogP contribution in [0.3, 0.4) is 0 Å². The van der Waals surface area contributed by atoms with E-state index in [4.69, 9.17) is 5.26 Å². The van der Waals surface area contributed by atoms with E-state index in [-0.39, 0.29) is 5.82 Å². The first-order chi connectivity index (χ1) is 11.5. The van der Waals surface area contributed by atoms with Gasteiger partial charge in [0.2, 0.25) is 0 Å². The lowest BCUT2D eigenvalue weighted by Gasteiger charge is -2.32. The largest absolute Gasteiger partial charge is 0.299 e. The number of hydrogen-bond acceptors (Lipinski definition) is 4. The molecule has 1 aromatic carbocycles. The van der Waals surface area contributed by atoms with Gasteiger partial charge in [-0.1, -0.05) is 6.07 Å². The molecule has 0 radical (unpaired) electrons. The topological polar surface area (TPSA) is 57.7 Å². The van der Waals surface area contributed by atoms with E-state index in [1.54, 1.807) is 12.1 Å². The molecule has 0 saturated carbocycles. The number of likely N-dealkylation sites (tertiary alicyclic amines) is 1. The van der Waals surface area contributed by atoms with Crippen LogP contribution < -0.4 is 0 Å². The molecule has 1 aliphatic rings. The third kappa shape index (κ3) is 3.80. The summed E-state index contributed by atoms with van der Waals surface area (Å²) in [5.74, 6) is 1.96. The van der Waals surface area contributed by atoms with Crippen LogP contribution in [0, 0.1) is 36.9 Å². The molecule has 1 aliphatic heterocycles. The van der Waals surface area contributed by atoms with Gasteiger partial charge in [-0.25, -0.2) is 14.1 Å². The molecule has 2 aromatic rings. The van der Waals surface area contributed by atoms with Crippen molar-refractivity contribution in [2.45, 2.75) is 39.8 Å². The Balaban J connectivity index is 1.63. The third-order valence-electron chi connectivity index (χ3n) is 4.57. The zero-order valence-electron chi connectivity index (χ0n) is 14.2. The molecule has 0 amide bonds. The fourth-order valence-electron chi connectivity index (χ4n) is 3.41. The summed E-state index contributed by atoms with van der Waals surface area (Å²) in [6, 6.07) is 6.70. The highest BCUT2D eigenvalue weighted by atomic mass is 19.1. The molecule has 1 saturated heterocycles. The summed E-state index contributed by atoms with van der Waals surface area (Å²) < 4.78 is 16.1. The first-order valence-corrected chi connectivity index (χ1v) is 8.34. The Morgan fingerprint density at radius 3 is 2.88 bits per heavy atom. The lowest BCUT2D eigenvalue weighted by molar-refractivity contribution is 0.151. The van der Waals surface area contributed by atoms with Crippen molar-refractivity contribution in [2.24, 2.45) is 5.92 Å². The van der Waals surface area contributed by atoms with Gasteiger partial charge >= 0.3 is 0 Å². The molecule has 2 heterocycles. The van der Waals surface area contributed by atoms with Crippen LogP contribution in [-0.4, -0.2) is 32.8 Å². The van der Waals surface area contributed by atoms with E-state index in [1.165, 1.54) is 6.07 Å². The summed E-state index contributed by atoms with van der Waals surface area (Å²) in [7, 11) is 0. The van der Waals surface area contributed by atoms with E-state index in [2.05, 4.69) is 15.0 Å². The molecule has 1 atom stereocenters. The standard InChI is InChI=1S/C18H22FN5/c1-13-21-14(2)24(22-13)11-16-4-3-7-23(10-16)12-17-6-5-15(9-20)8-18(17)19/h5-6,8,16H,3-4,7,10-12H2,1-2H3. The number of nitrogens with zero attached hydrogens (tertiary/aromatic N) is 5. The lowest BCUT2D eigenvalue weighted by atomic mass is 9.97. The number of rotatable bonds is 4. The van der Waals surface area contributed by atoms with Gasteiger partial charge in [-0.15, -0.1) is 0 Å². The van der Waals surface area contributed by atoms with Gasteiger partial charge in [-0.05, 0) is 51.3 Å². The van der Waals surface area contributed by atoms with Gasteiger partial charge in [0.1, 0.15) is 17.5 Å². The highest BCUT2D eigenvalue weighted by molar-refractivity contribution is 5.32. The third-order valence-corrected chi connectivity index (χ3v) is 4.57. The number of aromatic nitrogens is 3. The minimum Gasteiger partial charge on any atom is -0.299 e. The van der Waals surface area contributed by atoms with Crippen LogP contribution in [0.15, 0.2) is 18.2 Å². The van der Waals surface area contributed by atoms with Gasteiger partial charge in [0.15, 0.2) is 0 Å². The van der Waals surface area contributed by atoms with Gasteiger partial charge < -0.3 is 0 Å². The summed E-state index contributed by atoms with van der Waals surface area (Å²) in [5.41, 5.74) is 1.02. The molecular formula is C18H22FN5. The van der Waals surface area contributed by atoms with Gasteiger partial charge in [0, 0.05) is 25.2 Å². The highest BCUT2D eigenvalue weighted by Gasteiger charge is 2.22. The predicted octanol–water partition coefficient (Wildman–Crippen LogP) is 2.82. The lowest BCUT2D eigenvalue weighted by Crippen LogP contribution is -2.37. The number of piperidine rings is 1. The fraction of sp³-hybridized carbons (Fsp3) is 0.500. The van der Waals surface area contributed by atoms with Crippen molar-refractivity contribution >= 4 is 0 Å².